The molecule has 0 spiro atoms. The standard InChI is InChI=1S/C12H16N2O6S/c1-13-11(15)8-3-5-9(6-4-8)21(18,19)14-10(7-20-2)12(16)17/h3-6,10,14H,7H2,1-2H3,(H,13,15)(H,16,17). The van der Waals surface area contributed by atoms with Crippen LogP contribution in [0.5, 0.6) is 0 Å². The number of sulfonamides is 1. The fourth-order valence-electron chi connectivity index (χ4n) is 1.51. The monoisotopic (exact) mass is 316 g/mol. The zero-order valence-corrected chi connectivity index (χ0v) is 12.3. The SMILES string of the molecule is CNC(=O)c1ccc(S(=O)(=O)NC(COC)C(=O)O)cc1. The van der Waals surface area contributed by atoms with Crippen molar-refractivity contribution in [2.24, 2.45) is 0 Å². The summed E-state index contributed by atoms with van der Waals surface area (Å²) in [4.78, 5) is 22.1. The number of rotatable bonds is 7. The van der Waals surface area contributed by atoms with Gasteiger partial charge in [-0.05, 0) is 24.3 Å². The van der Waals surface area contributed by atoms with E-state index in [0.29, 0.717) is 5.56 Å². The van der Waals surface area contributed by atoms with Gasteiger partial charge in [0.25, 0.3) is 5.91 Å². The van der Waals surface area contributed by atoms with Gasteiger partial charge in [0.1, 0.15) is 6.04 Å². The van der Waals surface area contributed by atoms with Crippen molar-refractivity contribution in [2.75, 3.05) is 20.8 Å². The van der Waals surface area contributed by atoms with Gasteiger partial charge in [0, 0.05) is 19.7 Å². The Kier molecular flexibility index (Phi) is 5.82. The third-order valence-corrected chi connectivity index (χ3v) is 4.07. The summed E-state index contributed by atoms with van der Waals surface area (Å²) >= 11 is 0. The van der Waals surface area contributed by atoms with Crippen LogP contribution in [-0.4, -0.2) is 52.2 Å². The molecule has 1 amide bonds. The Labute approximate surface area is 122 Å². The number of carboxylic acids is 1. The summed E-state index contributed by atoms with van der Waals surface area (Å²) < 4.78 is 30.8. The van der Waals surface area contributed by atoms with Crippen molar-refractivity contribution in [3.05, 3.63) is 29.8 Å². The Hall–Kier alpha value is -1.97. The predicted molar refractivity (Wildman–Crippen MR) is 73.5 cm³/mol. The largest absolute Gasteiger partial charge is 0.480 e. The van der Waals surface area contributed by atoms with Crippen molar-refractivity contribution in [3.8, 4) is 0 Å². The summed E-state index contributed by atoms with van der Waals surface area (Å²) in [6.07, 6.45) is 0. The first-order valence-corrected chi connectivity index (χ1v) is 7.36. The quantitative estimate of drug-likeness (QED) is 0.619. The lowest BCUT2D eigenvalue weighted by molar-refractivity contribution is -0.140. The second-order valence-corrected chi connectivity index (χ2v) is 5.78. The average Bonchev–Trinajstić information content (AvgIpc) is 2.45. The molecule has 0 heterocycles. The Bertz CT molecular complexity index is 611. The van der Waals surface area contributed by atoms with Gasteiger partial charge in [0.2, 0.25) is 10.0 Å². The molecule has 1 aromatic rings. The molecule has 0 aliphatic rings. The number of ether oxygens (including phenoxy) is 1. The van der Waals surface area contributed by atoms with Crippen molar-refractivity contribution in [3.63, 3.8) is 0 Å². The highest BCUT2D eigenvalue weighted by Crippen LogP contribution is 2.11. The Morgan fingerprint density at radius 3 is 2.29 bits per heavy atom. The highest BCUT2D eigenvalue weighted by molar-refractivity contribution is 7.89. The molecule has 1 aromatic carbocycles. The highest BCUT2D eigenvalue weighted by Gasteiger charge is 2.25. The lowest BCUT2D eigenvalue weighted by atomic mass is 10.2. The minimum absolute atomic E-state index is 0.141. The molecule has 0 radical (unpaired) electrons. The molecule has 0 saturated heterocycles. The van der Waals surface area contributed by atoms with E-state index >= 15 is 0 Å². The predicted octanol–water partition coefficient (Wildman–Crippen LogP) is -0.576. The van der Waals surface area contributed by atoms with Crippen LogP contribution in [0.1, 0.15) is 10.4 Å². The maximum atomic E-state index is 12.0. The zero-order valence-electron chi connectivity index (χ0n) is 11.5. The second-order valence-electron chi connectivity index (χ2n) is 4.07. The maximum Gasteiger partial charge on any atom is 0.324 e. The number of carbonyl (C=O) groups excluding carboxylic acids is 1. The lowest BCUT2D eigenvalue weighted by Gasteiger charge is -2.14. The van der Waals surface area contributed by atoms with Crippen molar-refractivity contribution >= 4 is 21.9 Å². The minimum atomic E-state index is -4.02. The lowest BCUT2D eigenvalue weighted by Crippen LogP contribution is -2.43. The van der Waals surface area contributed by atoms with Crippen LogP contribution >= 0.6 is 0 Å². The molecule has 8 nitrogen and oxygen atoms in total. The van der Waals surface area contributed by atoms with Gasteiger partial charge in [-0.3, -0.25) is 9.59 Å². The molecule has 1 rings (SSSR count). The Morgan fingerprint density at radius 2 is 1.86 bits per heavy atom. The van der Waals surface area contributed by atoms with Crippen LogP contribution in [0.25, 0.3) is 0 Å². The first-order valence-electron chi connectivity index (χ1n) is 5.88. The van der Waals surface area contributed by atoms with E-state index in [9.17, 15) is 18.0 Å². The number of benzene rings is 1. The van der Waals surface area contributed by atoms with Crippen LogP contribution in [0.15, 0.2) is 29.2 Å². The summed E-state index contributed by atoms with van der Waals surface area (Å²) in [5, 5.41) is 11.3. The maximum absolute atomic E-state index is 12.0. The molecule has 1 atom stereocenters. The smallest absolute Gasteiger partial charge is 0.324 e. The van der Waals surface area contributed by atoms with Gasteiger partial charge in [0.15, 0.2) is 0 Å². The van der Waals surface area contributed by atoms with Crippen LogP contribution in [0.3, 0.4) is 0 Å². The second kappa shape index (κ2) is 7.16. The molecule has 3 N–H and O–H groups in total. The van der Waals surface area contributed by atoms with Gasteiger partial charge >= 0.3 is 5.97 Å². The van der Waals surface area contributed by atoms with E-state index in [4.69, 9.17) is 5.11 Å². The number of nitrogens with one attached hydrogen (secondary N) is 2. The zero-order chi connectivity index (χ0) is 16.0. The minimum Gasteiger partial charge on any atom is -0.480 e. The number of hydrogen-bond donors (Lipinski definition) is 3. The van der Waals surface area contributed by atoms with Gasteiger partial charge in [-0.15, -0.1) is 0 Å². The fourth-order valence-corrected chi connectivity index (χ4v) is 2.68. The van der Waals surface area contributed by atoms with E-state index in [0.717, 1.165) is 0 Å². The number of carbonyl (C=O) groups is 2. The van der Waals surface area contributed by atoms with Crippen molar-refractivity contribution in [1.82, 2.24) is 10.0 Å². The van der Waals surface area contributed by atoms with Crippen molar-refractivity contribution in [1.29, 1.82) is 0 Å². The molecule has 21 heavy (non-hydrogen) atoms. The normalized spacial score (nSPS) is 12.7. The van der Waals surface area contributed by atoms with E-state index in [1.54, 1.807) is 0 Å². The van der Waals surface area contributed by atoms with E-state index in [1.807, 2.05) is 4.72 Å². The van der Waals surface area contributed by atoms with Gasteiger partial charge < -0.3 is 15.2 Å². The fraction of sp³-hybridized carbons (Fsp3) is 0.333. The molecule has 116 valence electrons. The van der Waals surface area contributed by atoms with E-state index in [-0.39, 0.29) is 17.4 Å². The Morgan fingerprint density at radius 1 is 1.29 bits per heavy atom. The molecule has 9 heteroatoms. The van der Waals surface area contributed by atoms with Crippen molar-refractivity contribution in [2.45, 2.75) is 10.9 Å². The molecule has 0 fully saturated rings. The van der Waals surface area contributed by atoms with Crippen LogP contribution in [0.2, 0.25) is 0 Å². The number of aliphatic carboxylic acids is 1. The van der Waals surface area contributed by atoms with E-state index < -0.39 is 22.0 Å². The molecule has 0 aliphatic carbocycles. The molecular formula is C12H16N2O6S. The van der Waals surface area contributed by atoms with Crippen LogP contribution in [-0.2, 0) is 19.6 Å². The third kappa shape index (κ3) is 4.52. The molecule has 0 aliphatic heterocycles. The molecule has 0 aromatic heterocycles. The summed E-state index contributed by atoms with van der Waals surface area (Å²) in [7, 11) is -1.30. The summed E-state index contributed by atoms with van der Waals surface area (Å²) in [6.45, 7) is -0.301. The van der Waals surface area contributed by atoms with Crippen LogP contribution in [0, 0.1) is 0 Å². The van der Waals surface area contributed by atoms with Crippen LogP contribution in [0.4, 0.5) is 0 Å². The first-order chi connectivity index (χ1) is 9.81. The van der Waals surface area contributed by atoms with Gasteiger partial charge in [-0.1, -0.05) is 0 Å². The first kappa shape index (κ1) is 17.1. The van der Waals surface area contributed by atoms with Crippen molar-refractivity contribution < 1.29 is 27.9 Å². The van der Waals surface area contributed by atoms with Gasteiger partial charge in [-0.2, -0.15) is 4.72 Å². The van der Waals surface area contributed by atoms with Crippen LogP contribution < -0.4 is 10.0 Å². The Balaban J connectivity index is 2.97. The molecule has 1 unspecified atom stereocenters. The summed E-state index contributed by atoms with van der Waals surface area (Å²) in [5.74, 6) is -1.70. The van der Waals surface area contributed by atoms with E-state index in [2.05, 4.69) is 10.1 Å². The number of hydrogen-bond acceptors (Lipinski definition) is 5. The summed E-state index contributed by atoms with van der Waals surface area (Å²) in [6, 6.07) is 3.72. The van der Waals surface area contributed by atoms with E-state index in [1.165, 1.54) is 38.4 Å². The molecule has 0 saturated carbocycles. The van der Waals surface area contributed by atoms with Gasteiger partial charge in [0.05, 0.1) is 11.5 Å². The number of methoxy groups -OCH3 is 1. The topological polar surface area (TPSA) is 122 Å². The average molecular weight is 316 g/mol. The third-order valence-electron chi connectivity index (χ3n) is 2.58. The molecular weight excluding hydrogens is 300 g/mol. The number of amides is 1. The van der Waals surface area contributed by atoms with Gasteiger partial charge in [-0.25, -0.2) is 8.42 Å². The summed E-state index contributed by atoms with van der Waals surface area (Å²) in [5.41, 5.74) is 0.295. The molecule has 0 bridgehead atoms. The highest BCUT2D eigenvalue weighted by atomic mass is 32.2. The number of carboxylic acid groups (broad SMARTS) is 1.